The topological polar surface area (TPSA) is 77.1 Å². The molecule has 3 rings (SSSR count). The zero-order valence-electron chi connectivity index (χ0n) is 19.1. The van der Waals surface area contributed by atoms with Gasteiger partial charge in [-0.1, -0.05) is 18.2 Å². The van der Waals surface area contributed by atoms with Gasteiger partial charge < -0.3 is 24.4 Å². The number of amides is 2. The molecule has 0 aliphatic carbocycles. The Balaban J connectivity index is 1.44. The molecule has 2 aromatic carbocycles. The molecule has 0 unspecified atom stereocenters. The van der Waals surface area contributed by atoms with E-state index in [4.69, 9.17) is 14.2 Å². The Bertz CT molecular complexity index is 905. The highest BCUT2D eigenvalue weighted by molar-refractivity contribution is 5.80. The first-order chi connectivity index (χ1) is 15.5. The molecule has 0 bridgehead atoms. The fourth-order valence-electron chi connectivity index (χ4n) is 3.88. The van der Waals surface area contributed by atoms with Crippen molar-refractivity contribution >= 4 is 11.8 Å². The van der Waals surface area contributed by atoms with Gasteiger partial charge in [0.2, 0.25) is 11.8 Å². The summed E-state index contributed by atoms with van der Waals surface area (Å²) < 4.78 is 16.0. The van der Waals surface area contributed by atoms with Gasteiger partial charge in [0.15, 0.2) is 11.5 Å². The van der Waals surface area contributed by atoms with Gasteiger partial charge in [0.05, 0.1) is 33.7 Å². The van der Waals surface area contributed by atoms with Gasteiger partial charge in [-0.05, 0) is 55.2 Å². The molecule has 2 amide bonds. The number of hydrogen-bond donors (Lipinski definition) is 1. The number of nitrogens with zero attached hydrogens (tertiary/aromatic N) is 1. The second-order valence-electron chi connectivity index (χ2n) is 7.84. The summed E-state index contributed by atoms with van der Waals surface area (Å²) in [6.45, 7) is 3.84. The van der Waals surface area contributed by atoms with Gasteiger partial charge in [-0.25, -0.2) is 0 Å². The van der Waals surface area contributed by atoms with Gasteiger partial charge in [-0.2, -0.15) is 0 Å². The lowest BCUT2D eigenvalue weighted by Crippen LogP contribution is -2.47. The van der Waals surface area contributed by atoms with E-state index in [0.717, 1.165) is 29.7 Å². The zero-order chi connectivity index (χ0) is 22.9. The number of benzene rings is 2. The quantitative estimate of drug-likeness (QED) is 0.649. The first-order valence-corrected chi connectivity index (χ1v) is 11.0. The van der Waals surface area contributed by atoms with Gasteiger partial charge in [0.25, 0.3) is 0 Å². The summed E-state index contributed by atoms with van der Waals surface area (Å²) in [5, 5.41) is 3.11. The van der Waals surface area contributed by atoms with Gasteiger partial charge in [-0.15, -0.1) is 0 Å². The van der Waals surface area contributed by atoms with Crippen LogP contribution in [0.25, 0.3) is 0 Å². The molecule has 7 heteroatoms. The van der Waals surface area contributed by atoms with E-state index < -0.39 is 0 Å². The highest BCUT2D eigenvalue weighted by atomic mass is 16.5. The standard InChI is InChI=1S/C25H32N2O5/c1-4-32-21-8-5-18(6-9-21)16-24(28)26-20-11-13-27(14-12-20)25(29)17-19-7-10-22(30-2)23(15-19)31-3/h5-10,15,20H,4,11-14,16-17H2,1-3H3,(H,26,28). The summed E-state index contributed by atoms with van der Waals surface area (Å²) in [7, 11) is 3.17. The smallest absolute Gasteiger partial charge is 0.226 e. The minimum atomic E-state index is 0.00395. The average molecular weight is 441 g/mol. The van der Waals surface area contributed by atoms with Crippen molar-refractivity contribution in [1.29, 1.82) is 0 Å². The lowest BCUT2D eigenvalue weighted by atomic mass is 10.0. The molecule has 1 aliphatic heterocycles. The Labute approximate surface area is 189 Å². The van der Waals surface area contributed by atoms with Crippen LogP contribution in [0.5, 0.6) is 17.2 Å². The van der Waals surface area contributed by atoms with Crippen LogP contribution in [0, 0.1) is 0 Å². The summed E-state index contributed by atoms with van der Waals surface area (Å²) in [5.74, 6) is 2.15. The number of ether oxygens (including phenoxy) is 3. The number of nitrogens with one attached hydrogen (secondary N) is 1. The maximum absolute atomic E-state index is 12.7. The van der Waals surface area contributed by atoms with Crippen molar-refractivity contribution in [3.63, 3.8) is 0 Å². The van der Waals surface area contributed by atoms with Gasteiger partial charge in [-0.3, -0.25) is 9.59 Å². The van der Waals surface area contributed by atoms with E-state index in [-0.39, 0.29) is 17.9 Å². The van der Waals surface area contributed by atoms with Crippen molar-refractivity contribution in [1.82, 2.24) is 10.2 Å². The molecule has 1 fully saturated rings. The largest absolute Gasteiger partial charge is 0.494 e. The highest BCUT2D eigenvalue weighted by Gasteiger charge is 2.24. The van der Waals surface area contributed by atoms with Crippen molar-refractivity contribution in [3.05, 3.63) is 53.6 Å². The summed E-state index contributed by atoms with van der Waals surface area (Å²) in [6.07, 6.45) is 2.17. The molecule has 7 nitrogen and oxygen atoms in total. The molecule has 0 spiro atoms. The lowest BCUT2D eigenvalue weighted by Gasteiger charge is -2.32. The van der Waals surface area contributed by atoms with E-state index in [9.17, 15) is 9.59 Å². The third kappa shape index (κ3) is 6.39. The molecule has 0 atom stereocenters. The van der Waals surface area contributed by atoms with Crippen LogP contribution in [0.2, 0.25) is 0 Å². The van der Waals surface area contributed by atoms with Crippen LogP contribution in [0.1, 0.15) is 30.9 Å². The third-order valence-corrected chi connectivity index (χ3v) is 5.62. The van der Waals surface area contributed by atoms with Crippen LogP contribution in [-0.4, -0.2) is 56.7 Å². The molecular weight excluding hydrogens is 408 g/mol. The third-order valence-electron chi connectivity index (χ3n) is 5.62. The predicted octanol–water partition coefficient (Wildman–Crippen LogP) is 2.99. The molecule has 2 aromatic rings. The van der Waals surface area contributed by atoms with E-state index in [1.807, 2.05) is 54.3 Å². The number of rotatable bonds is 9. The predicted molar refractivity (Wildman–Crippen MR) is 122 cm³/mol. The number of carbonyl (C=O) groups excluding carboxylic acids is 2. The molecular formula is C25H32N2O5. The molecule has 1 aliphatic rings. The number of likely N-dealkylation sites (tertiary alicyclic amines) is 1. The molecule has 1 saturated heterocycles. The van der Waals surface area contributed by atoms with Crippen molar-refractivity contribution in [2.45, 2.75) is 38.6 Å². The second kappa shape index (κ2) is 11.4. The fraction of sp³-hybridized carbons (Fsp3) is 0.440. The Morgan fingerprint density at radius 2 is 1.59 bits per heavy atom. The van der Waals surface area contributed by atoms with E-state index in [1.165, 1.54) is 0 Å². The normalized spacial score (nSPS) is 14.0. The Hall–Kier alpha value is -3.22. The highest BCUT2D eigenvalue weighted by Crippen LogP contribution is 2.28. The average Bonchev–Trinajstić information content (AvgIpc) is 2.80. The molecule has 1 N–H and O–H groups in total. The van der Waals surface area contributed by atoms with Crippen LogP contribution in [0.15, 0.2) is 42.5 Å². The summed E-state index contributed by atoms with van der Waals surface area (Å²) >= 11 is 0. The Morgan fingerprint density at radius 3 is 2.22 bits per heavy atom. The first kappa shape index (κ1) is 23.4. The zero-order valence-corrected chi connectivity index (χ0v) is 19.1. The van der Waals surface area contributed by atoms with Crippen LogP contribution in [0.3, 0.4) is 0 Å². The Morgan fingerprint density at radius 1 is 0.938 bits per heavy atom. The molecule has 0 saturated carbocycles. The number of methoxy groups -OCH3 is 2. The molecule has 0 radical (unpaired) electrons. The van der Waals surface area contributed by atoms with Crippen molar-refractivity contribution in [2.24, 2.45) is 0 Å². The summed E-state index contributed by atoms with van der Waals surface area (Å²) in [5.41, 5.74) is 1.84. The fourth-order valence-corrected chi connectivity index (χ4v) is 3.88. The van der Waals surface area contributed by atoms with Crippen molar-refractivity contribution in [2.75, 3.05) is 33.9 Å². The van der Waals surface area contributed by atoms with Gasteiger partial charge in [0, 0.05) is 19.1 Å². The van der Waals surface area contributed by atoms with Crippen molar-refractivity contribution < 1.29 is 23.8 Å². The van der Waals surface area contributed by atoms with Gasteiger partial charge in [0.1, 0.15) is 5.75 Å². The number of carbonyl (C=O) groups is 2. The van der Waals surface area contributed by atoms with Crippen LogP contribution < -0.4 is 19.5 Å². The monoisotopic (exact) mass is 440 g/mol. The summed E-state index contributed by atoms with van der Waals surface area (Å²) in [4.78, 5) is 27.0. The van der Waals surface area contributed by atoms with Gasteiger partial charge >= 0.3 is 0 Å². The molecule has 1 heterocycles. The SMILES string of the molecule is CCOc1ccc(CC(=O)NC2CCN(C(=O)Cc3ccc(OC)c(OC)c3)CC2)cc1. The van der Waals surface area contributed by atoms with E-state index in [1.54, 1.807) is 14.2 Å². The maximum Gasteiger partial charge on any atom is 0.226 e. The van der Waals surface area contributed by atoms with Crippen LogP contribution >= 0.6 is 0 Å². The first-order valence-electron chi connectivity index (χ1n) is 11.0. The molecule has 0 aromatic heterocycles. The van der Waals surface area contributed by atoms with E-state index in [2.05, 4.69) is 5.32 Å². The minimum absolute atomic E-state index is 0.00395. The van der Waals surface area contributed by atoms with Crippen LogP contribution in [0.4, 0.5) is 0 Å². The maximum atomic E-state index is 12.7. The lowest BCUT2D eigenvalue weighted by molar-refractivity contribution is -0.131. The summed E-state index contributed by atoms with van der Waals surface area (Å²) in [6, 6.07) is 13.2. The van der Waals surface area contributed by atoms with Crippen molar-refractivity contribution in [3.8, 4) is 17.2 Å². The molecule has 32 heavy (non-hydrogen) atoms. The van der Waals surface area contributed by atoms with E-state index in [0.29, 0.717) is 44.0 Å². The van der Waals surface area contributed by atoms with Crippen LogP contribution in [-0.2, 0) is 22.4 Å². The second-order valence-corrected chi connectivity index (χ2v) is 7.84. The number of hydrogen-bond acceptors (Lipinski definition) is 5. The Kier molecular flexibility index (Phi) is 8.36. The molecule has 172 valence electrons. The van der Waals surface area contributed by atoms with E-state index >= 15 is 0 Å². The minimum Gasteiger partial charge on any atom is -0.494 e. The number of piperidine rings is 1.